The molecule has 126 valence electrons. The highest BCUT2D eigenvalue weighted by atomic mass is 16.4. The van der Waals surface area contributed by atoms with Gasteiger partial charge in [0.25, 0.3) is 11.8 Å². The number of carbonyl (C=O) groups is 3. The van der Waals surface area contributed by atoms with Crippen LogP contribution in [0.25, 0.3) is 0 Å². The maximum Gasteiger partial charge on any atom is 0.309 e. The van der Waals surface area contributed by atoms with Crippen LogP contribution in [0.1, 0.15) is 54.8 Å². The highest BCUT2D eigenvalue weighted by Crippen LogP contribution is 2.19. The van der Waals surface area contributed by atoms with E-state index in [2.05, 4.69) is 10.6 Å². The van der Waals surface area contributed by atoms with Gasteiger partial charge in [-0.2, -0.15) is 0 Å². The molecule has 0 aromatic heterocycles. The van der Waals surface area contributed by atoms with Gasteiger partial charge in [0, 0.05) is 23.7 Å². The van der Waals surface area contributed by atoms with Gasteiger partial charge >= 0.3 is 5.97 Å². The van der Waals surface area contributed by atoms with Gasteiger partial charge in [-0.1, -0.05) is 0 Å². The first-order valence-electron chi connectivity index (χ1n) is 7.56. The molecular formula is C17H24N2O4. The molecule has 23 heavy (non-hydrogen) atoms. The Hall–Kier alpha value is -2.37. The van der Waals surface area contributed by atoms with Crippen molar-refractivity contribution in [3.8, 4) is 0 Å². The van der Waals surface area contributed by atoms with E-state index in [1.54, 1.807) is 38.1 Å². The van der Waals surface area contributed by atoms with Crippen molar-refractivity contribution in [3.63, 3.8) is 0 Å². The number of rotatable bonds is 7. The smallest absolute Gasteiger partial charge is 0.309 e. The zero-order valence-electron chi connectivity index (χ0n) is 14.0. The number of carboxylic acid groups (broad SMARTS) is 1. The summed E-state index contributed by atoms with van der Waals surface area (Å²) in [6, 6.07) is 6.38. The Morgan fingerprint density at radius 2 is 1.52 bits per heavy atom. The fourth-order valence-electron chi connectivity index (χ4n) is 1.82. The van der Waals surface area contributed by atoms with Gasteiger partial charge in [0.2, 0.25) is 0 Å². The fourth-order valence-corrected chi connectivity index (χ4v) is 1.82. The van der Waals surface area contributed by atoms with Gasteiger partial charge in [-0.15, -0.1) is 0 Å². The average molecular weight is 320 g/mol. The zero-order chi connectivity index (χ0) is 17.6. The van der Waals surface area contributed by atoms with Crippen LogP contribution in [0.2, 0.25) is 0 Å². The molecule has 0 aliphatic heterocycles. The highest BCUT2D eigenvalue weighted by Gasteiger charge is 2.26. The lowest BCUT2D eigenvalue weighted by molar-refractivity contribution is -0.147. The Morgan fingerprint density at radius 3 is 1.96 bits per heavy atom. The molecule has 0 saturated carbocycles. The minimum absolute atomic E-state index is 0.0445. The molecule has 0 atom stereocenters. The molecule has 0 aliphatic rings. The van der Waals surface area contributed by atoms with Crippen molar-refractivity contribution in [3.05, 3.63) is 35.4 Å². The molecule has 6 heteroatoms. The highest BCUT2D eigenvalue weighted by molar-refractivity contribution is 5.97. The monoisotopic (exact) mass is 320 g/mol. The fraction of sp³-hybridized carbons (Fsp3) is 0.471. The molecule has 1 aromatic carbocycles. The van der Waals surface area contributed by atoms with Crippen LogP contribution < -0.4 is 10.6 Å². The van der Waals surface area contributed by atoms with Crippen molar-refractivity contribution >= 4 is 17.8 Å². The first-order chi connectivity index (χ1) is 10.6. The molecule has 0 unspecified atom stereocenters. The SMILES string of the molecule is CC(C)NC(=O)c1ccc(C(=O)NCCC(C)(C)C(=O)O)cc1. The number of carboxylic acids is 1. The summed E-state index contributed by atoms with van der Waals surface area (Å²) in [5.74, 6) is -1.37. The second-order valence-electron chi connectivity index (χ2n) is 6.40. The van der Waals surface area contributed by atoms with Crippen LogP contribution in [0.5, 0.6) is 0 Å². The van der Waals surface area contributed by atoms with Gasteiger partial charge in [0.05, 0.1) is 5.41 Å². The van der Waals surface area contributed by atoms with Crippen molar-refractivity contribution in [2.75, 3.05) is 6.54 Å². The summed E-state index contributed by atoms with van der Waals surface area (Å²) < 4.78 is 0. The van der Waals surface area contributed by atoms with Crippen LogP contribution in [0.15, 0.2) is 24.3 Å². The second kappa shape index (κ2) is 7.76. The summed E-state index contributed by atoms with van der Waals surface area (Å²) in [4.78, 5) is 34.8. The van der Waals surface area contributed by atoms with Crippen LogP contribution in [0.3, 0.4) is 0 Å². The van der Waals surface area contributed by atoms with Crippen LogP contribution in [0, 0.1) is 5.41 Å². The third-order valence-electron chi connectivity index (χ3n) is 3.44. The summed E-state index contributed by atoms with van der Waals surface area (Å²) in [5.41, 5.74) is 0.0352. The minimum atomic E-state index is -0.896. The molecule has 1 rings (SSSR count). The van der Waals surface area contributed by atoms with E-state index in [-0.39, 0.29) is 24.4 Å². The second-order valence-corrected chi connectivity index (χ2v) is 6.40. The molecule has 0 radical (unpaired) electrons. The van der Waals surface area contributed by atoms with Gasteiger partial charge in [0.15, 0.2) is 0 Å². The molecule has 0 spiro atoms. The molecule has 3 N–H and O–H groups in total. The van der Waals surface area contributed by atoms with Crippen LogP contribution in [-0.2, 0) is 4.79 Å². The molecule has 0 aliphatic carbocycles. The predicted octanol–water partition coefficient (Wildman–Crippen LogP) is 2.06. The van der Waals surface area contributed by atoms with Crippen LogP contribution in [0.4, 0.5) is 0 Å². The number of nitrogens with one attached hydrogen (secondary N) is 2. The lowest BCUT2D eigenvalue weighted by atomic mass is 9.90. The number of hydrogen-bond donors (Lipinski definition) is 3. The van der Waals surface area contributed by atoms with Crippen molar-refractivity contribution in [2.24, 2.45) is 5.41 Å². The Bertz CT molecular complexity index is 577. The Labute approximate surface area is 136 Å². The minimum Gasteiger partial charge on any atom is -0.481 e. The number of benzene rings is 1. The average Bonchev–Trinajstić information content (AvgIpc) is 2.46. The Kier molecular flexibility index (Phi) is 6.30. The quantitative estimate of drug-likeness (QED) is 0.716. The Morgan fingerprint density at radius 1 is 1.04 bits per heavy atom. The van der Waals surface area contributed by atoms with E-state index in [1.165, 1.54) is 0 Å². The van der Waals surface area contributed by atoms with E-state index >= 15 is 0 Å². The van der Waals surface area contributed by atoms with Crippen molar-refractivity contribution in [1.82, 2.24) is 10.6 Å². The van der Waals surface area contributed by atoms with Gasteiger partial charge in [-0.3, -0.25) is 14.4 Å². The summed E-state index contributed by atoms with van der Waals surface area (Å²) >= 11 is 0. The van der Waals surface area contributed by atoms with E-state index in [4.69, 9.17) is 5.11 Å². The van der Waals surface area contributed by atoms with Crippen molar-refractivity contribution in [2.45, 2.75) is 40.2 Å². The first-order valence-corrected chi connectivity index (χ1v) is 7.56. The third-order valence-corrected chi connectivity index (χ3v) is 3.44. The maximum absolute atomic E-state index is 12.0. The number of amides is 2. The van der Waals surface area contributed by atoms with Gasteiger partial charge in [-0.25, -0.2) is 0 Å². The normalized spacial score (nSPS) is 11.2. The van der Waals surface area contributed by atoms with E-state index < -0.39 is 11.4 Å². The zero-order valence-corrected chi connectivity index (χ0v) is 14.0. The first kappa shape index (κ1) is 18.7. The predicted molar refractivity (Wildman–Crippen MR) is 87.4 cm³/mol. The van der Waals surface area contributed by atoms with E-state index in [1.807, 2.05) is 13.8 Å². The van der Waals surface area contributed by atoms with E-state index in [0.717, 1.165) is 0 Å². The Balaban J connectivity index is 2.58. The van der Waals surface area contributed by atoms with E-state index in [0.29, 0.717) is 17.5 Å². The lowest BCUT2D eigenvalue weighted by Gasteiger charge is -2.18. The van der Waals surface area contributed by atoms with Crippen LogP contribution >= 0.6 is 0 Å². The molecule has 0 bridgehead atoms. The van der Waals surface area contributed by atoms with E-state index in [9.17, 15) is 14.4 Å². The van der Waals surface area contributed by atoms with Crippen molar-refractivity contribution in [1.29, 1.82) is 0 Å². The lowest BCUT2D eigenvalue weighted by Crippen LogP contribution is -2.32. The van der Waals surface area contributed by atoms with Crippen molar-refractivity contribution < 1.29 is 19.5 Å². The number of aliphatic carboxylic acids is 1. The summed E-state index contributed by atoms with van der Waals surface area (Å²) in [5, 5.41) is 14.5. The molecule has 0 heterocycles. The van der Waals surface area contributed by atoms with Gasteiger partial charge in [-0.05, 0) is 58.4 Å². The molecule has 2 amide bonds. The molecular weight excluding hydrogens is 296 g/mol. The summed E-state index contributed by atoms with van der Waals surface area (Å²) in [6.45, 7) is 7.25. The topological polar surface area (TPSA) is 95.5 Å². The molecule has 0 fully saturated rings. The third kappa shape index (κ3) is 5.73. The van der Waals surface area contributed by atoms with Crippen LogP contribution in [-0.4, -0.2) is 35.5 Å². The summed E-state index contributed by atoms with van der Waals surface area (Å²) in [6.07, 6.45) is 0.336. The summed E-state index contributed by atoms with van der Waals surface area (Å²) in [7, 11) is 0. The van der Waals surface area contributed by atoms with Gasteiger partial charge in [0.1, 0.15) is 0 Å². The number of hydrogen-bond acceptors (Lipinski definition) is 3. The van der Waals surface area contributed by atoms with Gasteiger partial charge < -0.3 is 15.7 Å². The molecule has 6 nitrogen and oxygen atoms in total. The molecule has 0 saturated heterocycles. The molecule has 1 aromatic rings. The standard InChI is InChI=1S/C17H24N2O4/c1-11(2)19-15(21)13-7-5-12(6-8-13)14(20)18-10-9-17(3,4)16(22)23/h5-8,11H,9-10H2,1-4H3,(H,18,20)(H,19,21)(H,22,23). The largest absolute Gasteiger partial charge is 0.481 e. The number of carbonyl (C=O) groups excluding carboxylic acids is 2. The maximum atomic E-state index is 12.0.